The molecule has 2 aromatic heterocycles. The molecule has 1 amide bonds. The zero-order valence-corrected chi connectivity index (χ0v) is 14.8. The van der Waals surface area contributed by atoms with Gasteiger partial charge in [-0.2, -0.15) is 13.2 Å². The lowest BCUT2D eigenvalue weighted by Gasteiger charge is -2.41. The number of nitrogens with one attached hydrogen (secondary N) is 1. The summed E-state index contributed by atoms with van der Waals surface area (Å²) < 4.78 is 37.7. The van der Waals surface area contributed by atoms with Crippen molar-refractivity contribution in [2.75, 3.05) is 10.2 Å². The molecule has 6 nitrogen and oxygen atoms in total. The third-order valence-corrected chi connectivity index (χ3v) is 5.23. The molecule has 0 radical (unpaired) electrons. The van der Waals surface area contributed by atoms with Crippen molar-refractivity contribution in [3.8, 4) is 0 Å². The van der Waals surface area contributed by atoms with E-state index in [9.17, 15) is 18.0 Å². The lowest BCUT2D eigenvalue weighted by Crippen LogP contribution is -2.53. The van der Waals surface area contributed by atoms with Crippen LogP contribution in [0.2, 0.25) is 0 Å². The van der Waals surface area contributed by atoms with E-state index in [4.69, 9.17) is 0 Å². The normalized spacial score (nSPS) is 23.7. The first-order valence-corrected chi connectivity index (χ1v) is 8.63. The van der Waals surface area contributed by atoms with Crippen molar-refractivity contribution in [1.82, 2.24) is 15.0 Å². The van der Waals surface area contributed by atoms with Crippen molar-refractivity contribution < 1.29 is 18.0 Å². The minimum atomic E-state index is -4.45. The first kappa shape index (κ1) is 17.7. The maximum absolute atomic E-state index is 12.8. The van der Waals surface area contributed by atoms with Crippen LogP contribution < -0.4 is 10.2 Å². The maximum Gasteiger partial charge on any atom is 0.419 e. The Morgan fingerprint density at radius 3 is 2.48 bits per heavy atom. The highest BCUT2D eigenvalue weighted by atomic mass is 19.4. The molecule has 4 rings (SSSR count). The number of pyridine rings is 1. The van der Waals surface area contributed by atoms with Gasteiger partial charge < -0.3 is 5.32 Å². The number of anilines is 2. The lowest BCUT2D eigenvalue weighted by atomic mass is 9.84. The lowest BCUT2D eigenvalue weighted by molar-refractivity contribution is -0.138. The van der Waals surface area contributed by atoms with Gasteiger partial charge in [-0.05, 0) is 32.8 Å². The van der Waals surface area contributed by atoms with Crippen molar-refractivity contribution in [3.63, 3.8) is 0 Å². The Bertz CT molecular complexity index is 875. The number of nitrogens with zero attached hydrogens (tertiary/aromatic N) is 4. The molecule has 1 fully saturated rings. The summed E-state index contributed by atoms with van der Waals surface area (Å²) in [6.45, 7) is 3.78. The second-order valence-corrected chi connectivity index (χ2v) is 7.43. The standard InChI is InChI=1S/C18H18F3N5O/c1-17(2)13-4-3-5-22-14(13)26(15(17)27)12-6-11(7-12)25-16-23-8-10(9-24-16)18(19,20)21/h3-5,8-9,11-12H,6-7H2,1-2H3,(H,23,24,25). The Hall–Kier alpha value is -2.71. The fourth-order valence-electron chi connectivity index (χ4n) is 3.58. The largest absolute Gasteiger partial charge is 0.419 e. The molecule has 2 aromatic rings. The molecule has 27 heavy (non-hydrogen) atoms. The van der Waals surface area contributed by atoms with Gasteiger partial charge in [-0.3, -0.25) is 9.69 Å². The van der Waals surface area contributed by atoms with Crippen LogP contribution in [0.5, 0.6) is 0 Å². The van der Waals surface area contributed by atoms with Gasteiger partial charge in [-0.25, -0.2) is 15.0 Å². The molecule has 9 heteroatoms. The van der Waals surface area contributed by atoms with Gasteiger partial charge in [0.05, 0.1) is 11.0 Å². The number of hydrogen-bond acceptors (Lipinski definition) is 5. The zero-order chi connectivity index (χ0) is 19.4. The summed E-state index contributed by atoms with van der Waals surface area (Å²) in [4.78, 5) is 26.4. The van der Waals surface area contributed by atoms with Crippen LogP contribution in [0.15, 0.2) is 30.7 Å². The monoisotopic (exact) mass is 377 g/mol. The van der Waals surface area contributed by atoms with Crippen LogP contribution in [0.25, 0.3) is 0 Å². The highest BCUT2D eigenvalue weighted by Crippen LogP contribution is 2.44. The first-order chi connectivity index (χ1) is 12.7. The highest BCUT2D eigenvalue weighted by Gasteiger charge is 2.50. The number of amides is 1. The summed E-state index contributed by atoms with van der Waals surface area (Å²) in [6.07, 6.45) is 0.0507. The van der Waals surface area contributed by atoms with Crippen LogP contribution in [0, 0.1) is 0 Å². The van der Waals surface area contributed by atoms with Gasteiger partial charge in [0.2, 0.25) is 11.9 Å². The number of carbonyl (C=O) groups excluding carboxylic acids is 1. The molecule has 0 unspecified atom stereocenters. The average Bonchev–Trinajstić information content (AvgIpc) is 2.78. The number of hydrogen-bond donors (Lipinski definition) is 1. The molecular weight excluding hydrogens is 359 g/mol. The molecule has 3 heterocycles. The SMILES string of the molecule is CC1(C)C(=O)N(C2CC(Nc3ncc(C(F)(F)F)cn3)C2)c2ncccc21. The predicted octanol–water partition coefficient (Wildman–Crippen LogP) is 3.16. The van der Waals surface area contributed by atoms with Crippen LogP contribution in [0.4, 0.5) is 24.9 Å². The third kappa shape index (κ3) is 2.90. The van der Waals surface area contributed by atoms with Crippen LogP contribution >= 0.6 is 0 Å². The van der Waals surface area contributed by atoms with E-state index in [2.05, 4.69) is 20.3 Å². The quantitative estimate of drug-likeness (QED) is 0.890. The fraction of sp³-hybridized carbons (Fsp3) is 0.444. The molecule has 2 aliphatic rings. The minimum absolute atomic E-state index is 0.000117. The Morgan fingerprint density at radius 2 is 1.85 bits per heavy atom. The fourth-order valence-corrected chi connectivity index (χ4v) is 3.58. The second-order valence-electron chi connectivity index (χ2n) is 7.43. The maximum atomic E-state index is 12.8. The Kier molecular flexibility index (Phi) is 3.87. The molecule has 0 bridgehead atoms. The van der Waals surface area contributed by atoms with Crippen LogP contribution in [-0.2, 0) is 16.4 Å². The van der Waals surface area contributed by atoms with E-state index in [-0.39, 0.29) is 23.9 Å². The first-order valence-electron chi connectivity index (χ1n) is 8.63. The summed E-state index contributed by atoms with van der Waals surface area (Å²) >= 11 is 0. The average molecular weight is 377 g/mol. The van der Waals surface area contributed by atoms with E-state index in [1.807, 2.05) is 26.0 Å². The number of alkyl halides is 3. The minimum Gasteiger partial charge on any atom is -0.351 e. The van der Waals surface area contributed by atoms with Gasteiger partial charge in [0.25, 0.3) is 0 Å². The molecule has 0 saturated heterocycles. The van der Waals surface area contributed by atoms with E-state index in [0.717, 1.165) is 18.0 Å². The number of halogens is 3. The van der Waals surface area contributed by atoms with Crippen LogP contribution in [0.1, 0.15) is 37.8 Å². The van der Waals surface area contributed by atoms with Crippen LogP contribution in [-0.4, -0.2) is 32.9 Å². The number of fused-ring (bicyclic) bond motifs is 1. The Labute approximate surface area is 153 Å². The molecule has 1 saturated carbocycles. The van der Waals surface area contributed by atoms with E-state index < -0.39 is 17.2 Å². The van der Waals surface area contributed by atoms with Gasteiger partial charge in [0.15, 0.2) is 0 Å². The smallest absolute Gasteiger partial charge is 0.351 e. The van der Waals surface area contributed by atoms with Gasteiger partial charge in [0, 0.05) is 36.2 Å². The van der Waals surface area contributed by atoms with E-state index in [0.29, 0.717) is 18.7 Å². The zero-order valence-electron chi connectivity index (χ0n) is 14.8. The van der Waals surface area contributed by atoms with Crippen LogP contribution in [0.3, 0.4) is 0 Å². The van der Waals surface area contributed by atoms with E-state index >= 15 is 0 Å². The van der Waals surface area contributed by atoms with Gasteiger partial charge in [0.1, 0.15) is 5.82 Å². The van der Waals surface area contributed by atoms with E-state index in [1.54, 1.807) is 11.1 Å². The molecule has 1 aliphatic heterocycles. The summed E-state index contributed by atoms with van der Waals surface area (Å²) in [5.74, 6) is 0.866. The number of rotatable bonds is 3. The summed E-state index contributed by atoms with van der Waals surface area (Å²) in [6, 6.07) is 3.74. The molecule has 142 valence electrons. The van der Waals surface area contributed by atoms with Gasteiger partial charge in [-0.15, -0.1) is 0 Å². The van der Waals surface area contributed by atoms with Crippen molar-refractivity contribution in [3.05, 3.63) is 41.9 Å². The Balaban J connectivity index is 1.42. The van der Waals surface area contributed by atoms with Crippen molar-refractivity contribution >= 4 is 17.7 Å². The molecule has 0 aromatic carbocycles. The third-order valence-electron chi connectivity index (χ3n) is 5.23. The summed E-state index contributed by atoms with van der Waals surface area (Å²) in [7, 11) is 0. The van der Waals surface area contributed by atoms with Gasteiger partial charge >= 0.3 is 6.18 Å². The molecule has 0 atom stereocenters. The van der Waals surface area contributed by atoms with Crippen molar-refractivity contribution in [2.24, 2.45) is 0 Å². The van der Waals surface area contributed by atoms with Gasteiger partial charge in [-0.1, -0.05) is 6.07 Å². The summed E-state index contributed by atoms with van der Waals surface area (Å²) in [5, 5.41) is 3.02. The molecular formula is C18H18F3N5O. The number of aromatic nitrogens is 3. The topological polar surface area (TPSA) is 71.0 Å². The Morgan fingerprint density at radius 1 is 1.19 bits per heavy atom. The predicted molar refractivity (Wildman–Crippen MR) is 92.2 cm³/mol. The summed E-state index contributed by atoms with van der Waals surface area (Å²) in [5.41, 5.74) is -0.580. The highest BCUT2D eigenvalue weighted by molar-refractivity contribution is 6.07. The van der Waals surface area contributed by atoms with Crippen molar-refractivity contribution in [1.29, 1.82) is 0 Å². The molecule has 1 N–H and O–H groups in total. The molecule has 1 aliphatic carbocycles. The van der Waals surface area contributed by atoms with E-state index in [1.165, 1.54) is 0 Å². The second kappa shape index (κ2) is 5.90. The van der Waals surface area contributed by atoms with Crippen molar-refractivity contribution in [2.45, 2.75) is 50.4 Å². The number of carbonyl (C=O) groups is 1. The molecule has 0 spiro atoms.